The summed E-state index contributed by atoms with van der Waals surface area (Å²) < 4.78 is 1.34. The SMILES string of the molecule is Cc1cccn2c(=O)c(C#N)c(-c3ccccc3O)nc12. The minimum atomic E-state index is -0.440. The summed E-state index contributed by atoms with van der Waals surface area (Å²) in [5.41, 5.74) is 1.34. The van der Waals surface area contributed by atoms with Crippen LogP contribution in [0.2, 0.25) is 0 Å². The molecule has 0 aliphatic rings. The monoisotopic (exact) mass is 277 g/mol. The van der Waals surface area contributed by atoms with E-state index in [-0.39, 0.29) is 17.0 Å². The predicted molar refractivity (Wildman–Crippen MR) is 78.0 cm³/mol. The highest BCUT2D eigenvalue weighted by Gasteiger charge is 2.17. The zero-order valence-electron chi connectivity index (χ0n) is 11.2. The minimum Gasteiger partial charge on any atom is -0.507 e. The molecule has 0 radical (unpaired) electrons. The number of hydrogen-bond donors (Lipinski definition) is 1. The number of phenols is 1. The van der Waals surface area contributed by atoms with Gasteiger partial charge in [-0.3, -0.25) is 9.20 Å². The Labute approximate surface area is 120 Å². The summed E-state index contributed by atoms with van der Waals surface area (Å²) in [5, 5.41) is 19.3. The molecule has 3 aromatic rings. The number of benzene rings is 1. The molecule has 5 heteroatoms. The van der Waals surface area contributed by atoms with Gasteiger partial charge in [0.25, 0.3) is 5.56 Å². The van der Waals surface area contributed by atoms with Crippen LogP contribution in [0.1, 0.15) is 11.1 Å². The zero-order chi connectivity index (χ0) is 15.0. The third-order valence-corrected chi connectivity index (χ3v) is 3.32. The second kappa shape index (κ2) is 4.76. The van der Waals surface area contributed by atoms with E-state index in [2.05, 4.69) is 4.98 Å². The highest BCUT2D eigenvalue weighted by Crippen LogP contribution is 2.28. The van der Waals surface area contributed by atoms with E-state index in [0.717, 1.165) is 5.56 Å². The first-order chi connectivity index (χ1) is 10.1. The Balaban J connectivity index is 2.50. The number of nitriles is 1. The standard InChI is InChI=1S/C16H11N3O2/c1-10-5-4-8-19-15(10)18-14(12(9-17)16(19)21)11-6-2-3-7-13(11)20/h2-8,20H,1H3. The van der Waals surface area contributed by atoms with Crippen LogP contribution in [0.5, 0.6) is 5.75 Å². The van der Waals surface area contributed by atoms with Gasteiger partial charge in [0, 0.05) is 11.8 Å². The summed E-state index contributed by atoms with van der Waals surface area (Å²) in [4.78, 5) is 16.9. The van der Waals surface area contributed by atoms with Crippen LogP contribution in [-0.4, -0.2) is 14.5 Å². The van der Waals surface area contributed by atoms with Crippen LogP contribution in [0.25, 0.3) is 16.9 Å². The topological polar surface area (TPSA) is 78.4 Å². The van der Waals surface area contributed by atoms with Crippen LogP contribution in [-0.2, 0) is 0 Å². The number of pyridine rings is 1. The maximum atomic E-state index is 12.4. The van der Waals surface area contributed by atoms with Gasteiger partial charge in [-0.05, 0) is 30.7 Å². The molecule has 0 bridgehead atoms. The maximum absolute atomic E-state index is 12.4. The summed E-state index contributed by atoms with van der Waals surface area (Å²) in [7, 11) is 0. The third-order valence-electron chi connectivity index (χ3n) is 3.32. The largest absolute Gasteiger partial charge is 0.507 e. The van der Waals surface area contributed by atoms with Crippen molar-refractivity contribution in [1.82, 2.24) is 9.38 Å². The van der Waals surface area contributed by atoms with Crippen LogP contribution < -0.4 is 5.56 Å². The first-order valence-corrected chi connectivity index (χ1v) is 6.34. The fourth-order valence-corrected chi connectivity index (χ4v) is 2.27. The number of aromatic nitrogens is 2. The van der Waals surface area contributed by atoms with Gasteiger partial charge in [0.1, 0.15) is 23.0 Å². The molecule has 5 nitrogen and oxygen atoms in total. The molecule has 0 aliphatic heterocycles. The lowest BCUT2D eigenvalue weighted by Crippen LogP contribution is -2.20. The van der Waals surface area contributed by atoms with E-state index in [1.807, 2.05) is 19.1 Å². The first-order valence-electron chi connectivity index (χ1n) is 6.34. The van der Waals surface area contributed by atoms with Gasteiger partial charge < -0.3 is 5.11 Å². The van der Waals surface area contributed by atoms with Gasteiger partial charge in [-0.1, -0.05) is 18.2 Å². The van der Waals surface area contributed by atoms with Crippen LogP contribution in [0.15, 0.2) is 47.4 Å². The van der Waals surface area contributed by atoms with Gasteiger partial charge in [-0.15, -0.1) is 0 Å². The van der Waals surface area contributed by atoms with Crippen molar-refractivity contribution in [2.45, 2.75) is 6.92 Å². The molecule has 2 aromatic heterocycles. The van der Waals surface area contributed by atoms with E-state index in [4.69, 9.17) is 0 Å². The Hall–Kier alpha value is -3.13. The van der Waals surface area contributed by atoms with Gasteiger partial charge >= 0.3 is 0 Å². The quantitative estimate of drug-likeness (QED) is 0.740. The molecular formula is C16H11N3O2. The number of aromatic hydroxyl groups is 1. The van der Waals surface area contributed by atoms with Crippen molar-refractivity contribution in [3.8, 4) is 23.1 Å². The molecule has 0 unspecified atom stereocenters. The number of phenolic OH excluding ortho intramolecular Hbond substituents is 1. The van der Waals surface area contributed by atoms with Crippen molar-refractivity contribution in [1.29, 1.82) is 5.26 Å². The van der Waals surface area contributed by atoms with Crippen LogP contribution in [0, 0.1) is 18.3 Å². The van der Waals surface area contributed by atoms with Gasteiger partial charge in [0.15, 0.2) is 0 Å². The van der Waals surface area contributed by atoms with Crippen LogP contribution in [0.4, 0.5) is 0 Å². The molecule has 3 rings (SSSR count). The molecule has 0 amide bonds. The Morgan fingerprint density at radius 3 is 2.71 bits per heavy atom. The van der Waals surface area contributed by atoms with Gasteiger partial charge in [0.2, 0.25) is 0 Å². The Kier molecular flexibility index (Phi) is 2.92. The number of nitrogens with zero attached hydrogens (tertiary/aromatic N) is 3. The molecule has 1 N–H and O–H groups in total. The summed E-state index contributed by atoms with van der Waals surface area (Å²) in [6.07, 6.45) is 1.58. The molecule has 0 saturated carbocycles. The summed E-state index contributed by atoms with van der Waals surface area (Å²) in [6, 6.07) is 12.0. The van der Waals surface area contributed by atoms with Gasteiger partial charge in [0.05, 0.1) is 5.69 Å². The minimum absolute atomic E-state index is 0.0150. The van der Waals surface area contributed by atoms with E-state index in [9.17, 15) is 15.2 Å². The number of hydrogen-bond acceptors (Lipinski definition) is 4. The Morgan fingerprint density at radius 1 is 1.24 bits per heavy atom. The van der Waals surface area contributed by atoms with Gasteiger partial charge in [-0.25, -0.2) is 4.98 Å². The fourth-order valence-electron chi connectivity index (χ4n) is 2.27. The predicted octanol–water partition coefficient (Wildman–Crippen LogP) is 2.25. The summed E-state index contributed by atoms with van der Waals surface area (Å²) in [6.45, 7) is 1.84. The van der Waals surface area contributed by atoms with E-state index >= 15 is 0 Å². The normalized spacial score (nSPS) is 10.5. The zero-order valence-corrected chi connectivity index (χ0v) is 11.2. The fraction of sp³-hybridized carbons (Fsp3) is 0.0625. The van der Waals surface area contributed by atoms with Crippen molar-refractivity contribution in [2.75, 3.05) is 0 Å². The highest BCUT2D eigenvalue weighted by atomic mass is 16.3. The lowest BCUT2D eigenvalue weighted by molar-refractivity contribution is 0.477. The molecule has 0 spiro atoms. The lowest BCUT2D eigenvalue weighted by atomic mass is 10.1. The molecular weight excluding hydrogens is 266 g/mol. The lowest BCUT2D eigenvalue weighted by Gasteiger charge is -2.09. The van der Waals surface area contributed by atoms with Crippen molar-refractivity contribution in [3.63, 3.8) is 0 Å². The Morgan fingerprint density at radius 2 is 2.00 bits per heavy atom. The second-order valence-corrected chi connectivity index (χ2v) is 4.65. The van der Waals surface area contributed by atoms with Crippen LogP contribution >= 0.6 is 0 Å². The molecule has 1 aromatic carbocycles. The second-order valence-electron chi connectivity index (χ2n) is 4.65. The average molecular weight is 277 g/mol. The number of aryl methyl sites for hydroxylation is 1. The molecule has 0 aliphatic carbocycles. The van der Waals surface area contributed by atoms with Crippen LogP contribution in [0.3, 0.4) is 0 Å². The van der Waals surface area contributed by atoms with Crippen molar-refractivity contribution in [2.24, 2.45) is 0 Å². The summed E-state index contributed by atoms with van der Waals surface area (Å²) >= 11 is 0. The average Bonchev–Trinajstić information content (AvgIpc) is 2.49. The van der Waals surface area contributed by atoms with E-state index in [1.54, 1.807) is 30.5 Å². The van der Waals surface area contributed by atoms with Crippen molar-refractivity contribution in [3.05, 3.63) is 64.1 Å². The molecule has 0 fully saturated rings. The van der Waals surface area contributed by atoms with Crippen molar-refractivity contribution < 1.29 is 5.11 Å². The van der Waals surface area contributed by atoms with Crippen molar-refractivity contribution >= 4 is 5.65 Å². The smallest absolute Gasteiger partial charge is 0.276 e. The number of fused-ring (bicyclic) bond motifs is 1. The number of rotatable bonds is 1. The van der Waals surface area contributed by atoms with E-state index < -0.39 is 5.56 Å². The van der Waals surface area contributed by atoms with E-state index in [0.29, 0.717) is 11.2 Å². The first kappa shape index (κ1) is 12.9. The highest BCUT2D eigenvalue weighted by molar-refractivity contribution is 5.73. The molecule has 2 heterocycles. The molecule has 102 valence electrons. The van der Waals surface area contributed by atoms with Gasteiger partial charge in [-0.2, -0.15) is 5.26 Å². The Bertz CT molecular complexity index is 952. The molecule has 21 heavy (non-hydrogen) atoms. The summed E-state index contributed by atoms with van der Waals surface area (Å²) in [5.74, 6) is -0.0150. The van der Waals surface area contributed by atoms with E-state index in [1.165, 1.54) is 10.5 Å². The third kappa shape index (κ3) is 1.94. The maximum Gasteiger partial charge on any atom is 0.276 e. The molecule has 0 saturated heterocycles. The number of para-hydroxylation sites is 1. The molecule has 0 atom stereocenters.